The number of ether oxygens (including phenoxy) is 2. The van der Waals surface area contributed by atoms with Crippen LogP contribution >= 0.6 is 0 Å². The van der Waals surface area contributed by atoms with Gasteiger partial charge >= 0.3 is 11.9 Å². The number of hydrogen-bond acceptors (Lipinski definition) is 4. The van der Waals surface area contributed by atoms with Crippen LogP contribution in [-0.2, 0) is 19.1 Å². The highest BCUT2D eigenvalue weighted by Crippen LogP contribution is 2.21. The van der Waals surface area contributed by atoms with E-state index in [1.54, 1.807) is 0 Å². The summed E-state index contributed by atoms with van der Waals surface area (Å²) < 4.78 is 10.4. The van der Waals surface area contributed by atoms with E-state index in [1.165, 1.54) is 70.6 Å². The molecule has 0 aromatic rings. The Balaban J connectivity index is 3.33. The highest BCUT2D eigenvalue weighted by atomic mass is 16.5. The minimum Gasteiger partial charge on any atom is -0.466 e. The topological polar surface area (TPSA) is 52.6 Å². The zero-order chi connectivity index (χ0) is 23.2. The predicted molar refractivity (Wildman–Crippen MR) is 130 cm³/mol. The van der Waals surface area contributed by atoms with Crippen molar-refractivity contribution >= 4 is 11.9 Å². The summed E-state index contributed by atoms with van der Waals surface area (Å²) >= 11 is 0. The molecule has 0 aliphatic heterocycles. The highest BCUT2D eigenvalue weighted by molar-refractivity contribution is 5.72. The molecule has 0 fully saturated rings. The van der Waals surface area contributed by atoms with Gasteiger partial charge in [0.1, 0.15) is 0 Å². The van der Waals surface area contributed by atoms with Crippen LogP contribution in [0, 0.1) is 11.8 Å². The lowest BCUT2D eigenvalue weighted by atomic mass is 9.90. The van der Waals surface area contributed by atoms with Crippen molar-refractivity contribution in [1.82, 2.24) is 0 Å². The summed E-state index contributed by atoms with van der Waals surface area (Å²) in [5.74, 6) is 0.382. The lowest BCUT2D eigenvalue weighted by Gasteiger charge is -2.18. The third kappa shape index (κ3) is 19.4. The first-order chi connectivity index (χ1) is 15.0. The van der Waals surface area contributed by atoms with Gasteiger partial charge < -0.3 is 9.47 Å². The molecule has 0 amide bonds. The van der Waals surface area contributed by atoms with E-state index in [9.17, 15) is 9.59 Å². The number of carbonyl (C=O) groups excluding carboxylic acids is 2. The van der Waals surface area contributed by atoms with E-state index in [-0.39, 0.29) is 17.9 Å². The second-order valence-electron chi connectivity index (χ2n) is 9.29. The monoisotopic (exact) mass is 440 g/mol. The van der Waals surface area contributed by atoms with Crippen LogP contribution < -0.4 is 0 Å². The Morgan fingerprint density at radius 2 is 1.03 bits per heavy atom. The van der Waals surface area contributed by atoms with E-state index in [1.807, 2.05) is 20.8 Å². The fourth-order valence-corrected chi connectivity index (χ4v) is 3.78. The Bertz CT molecular complexity index is 421. The van der Waals surface area contributed by atoms with Crippen molar-refractivity contribution in [2.75, 3.05) is 13.2 Å². The molecular weight excluding hydrogens is 388 g/mol. The molecule has 4 heteroatoms. The number of esters is 2. The fraction of sp³-hybridized carbons (Fsp3) is 0.926. The SMILES string of the molecule is CCCOC(=O)CCCCCCCCCCCCCCCC(C)C(C)C(=O)OCCC. The Morgan fingerprint density at radius 1 is 0.613 bits per heavy atom. The summed E-state index contributed by atoms with van der Waals surface area (Å²) in [5.41, 5.74) is 0. The van der Waals surface area contributed by atoms with Crippen LogP contribution in [0.3, 0.4) is 0 Å². The first kappa shape index (κ1) is 29.9. The molecule has 0 spiro atoms. The van der Waals surface area contributed by atoms with Gasteiger partial charge in [0.15, 0.2) is 0 Å². The highest BCUT2D eigenvalue weighted by Gasteiger charge is 2.20. The summed E-state index contributed by atoms with van der Waals surface area (Å²) in [6.45, 7) is 9.35. The van der Waals surface area contributed by atoms with E-state index >= 15 is 0 Å². The molecule has 0 aromatic carbocycles. The van der Waals surface area contributed by atoms with Gasteiger partial charge in [0, 0.05) is 6.42 Å². The van der Waals surface area contributed by atoms with Gasteiger partial charge in [-0.2, -0.15) is 0 Å². The Labute approximate surface area is 193 Å². The van der Waals surface area contributed by atoms with Gasteiger partial charge in [0.2, 0.25) is 0 Å². The summed E-state index contributed by atoms with van der Waals surface area (Å²) in [5, 5.41) is 0. The number of unbranched alkanes of at least 4 members (excludes halogenated alkanes) is 12. The first-order valence-electron chi connectivity index (χ1n) is 13.3. The third-order valence-electron chi connectivity index (χ3n) is 6.18. The third-order valence-corrected chi connectivity index (χ3v) is 6.18. The molecule has 4 nitrogen and oxygen atoms in total. The van der Waals surface area contributed by atoms with E-state index in [0.717, 1.165) is 32.1 Å². The van der Waals surface area contributed by atoms with E-state index in [4.69, 9.17) is 9.47 Å². The molecular formula is C27H52O4. The van der Waals surface area contributed by atoms with Crippen molar-refractivity contribution in [3.05, 3.63) is 0 Å². The normalized spacial score (nSPS) is 13.0. The minimum atomic E-state index is -0.0296. The molecule has 0 saturated heterocycles. The molecule has 0 aliphatic rings. The largest absolute Gasteiger partial charge is 0.466 e. The zero-order valence-electron chi connectivity index (χ0n) is 21.2. The van der Waals surface area contributed by atoms with Crippen LogP contribution in [0.25, 0.3) is 0 Å². The fourth-order valence-electron chi connectivity index (χ4n) is 3.78. The van der Waals surface area contributed by atoms with Gasteiger partial charge in [-0.3, -0.25) is 9.59 Å². The lowest BCUT2D eigenvalue weighted by molar-refractivity contribution is -0.149. The van der Waals surface area contributed by atoms with Crippen LogP contribution in [0.2, 0.25) is 0 Å². The maximum Gasteiger partial charge on any atom is 0.308 e. The molecule has 0 radical (unpaired) electrons. The molecule has 2 unspecified atom stereocenters. The molecule has 31 heavy (non-hydrogen) atoms. The van der Waals surface area contributed by atoms with E-state index < -0.39 is 0 Å². The summed E-state index contributed by atoms with van der Waals surface area (Å²) in [7, 11) is 0. The van der Waals surface area contributed by atoms with Gasteiger partial charge in [0.05, 0.1) is 19.1 Å². The van der Waals surface area contributed by atoms with Crippen LogP contribution in [-0.4, -0.2) is 25.2 Å². The van der Waals surface area contributed by atoms with Gasteiger partial charge in [-0.25, -0.2) is 0 Å². The quantitative estimate of drug-likeness (QED) is 0.126. The van der Waals surface area contributed by atoms with Crippen LogP contribution in [0.4, 0.5) is 0 Å². The first-order valence-corrected chi connectivity index (χ1v) is 13.3. The molecule has 2 atom stereocenters. The van der Waals surface area contributed by atoms with Crippen molar-refractivity contribution in [3.8, 4) is 0 Å². The van der Waals surface area contributed by atoms with E-state index in [0.29, 0.717) is 25.6 Å². The van der Waals surface area contributed by atoms with Gasteiger partial charge in [0.25, 0.3) is 0 Å². The summed E-state index contributed by atoms with van der Waals surface area (Å²) in [4.78, 5) is 23.3. The van der Waals surface area contributed by atoms with Gasteiger partial charge in [-0.1, -0.05) is 105 Å². The predicted octanol–water partition coefficient (Wildman–Crippen LogP) is 8.02. The van der Waals surface area contributed by atoms with Gasteiger partial charge in [-0.05, 0) is 31.6 Å². The molecule has 0 aliphatic carbocycles. The second kappa shape index (κ2) is 22.1. The molecule has 0 saturated carbocycles. The average molecular weight is 441 g/mol. The van der Waals surface area contributed by atoms with E-state index in [2.05, 4.69) is 6.92 Å². The van der Waals surface area contributed by atoms with Crippen molar-refractivity contribution in [3.63, 3.8) is 0 Å². The molecule has 0 bridgehead atoms. The number of carbonyl (C=O) groups is 2. The number of rotatable bonds is 22. The van der Waals surface area contributed by atoms with Crippen molar-refractivity contribution in [2.24, 2.45) is 11.8 Å². The second-order valence-corrected chi connectivity index (χ2v) is 9.29. The Kier molecular flexibility index (Phi) is 21.4. The van der Waals surface area contributed by atoms with Crippen molar-refractivity contribution in [2.45, 2.75) is 137 Å². The lowest BCUT2D eigenvalue weighted by Crippen LogP contribution is -2.21. The molecule has 0 rings (SSSR count). The molecule has 0 N–H and O–H groups in total. The minimum absolute atomic E-state index is 0.0221. The Hall–Kier alpha value is -1.06. The average Bonchev–Trinajstić information content (AvgIpc) is 2.77. The van der Waals surface area contributed by atoms with Crippen LogP contribution in [0.1, 0.15) is 137 Å². The van der Waals surface area contributed by atoms with Crippen LogP contribution in [0.5, 0.6) is 0 Å². The van der Waals surface area contributed by atoms with Crippen molar-refractivity contribution < 1.29 is 19.1 Å². The summed E-state index contributed by atoms with van der Waals surface area (Å²) in [6.07, 6.45) is 20.1. The number of hydrogen-bond donors (Lipinski definition) is 0. The maximum absolute atomic E-state index is 11.9. The van der Waals surface area contributed by atoms with Crippen molar-refractivity contribution in [1.29, 1.82) is 0 Å². The molecule has 184 valence electrons. The van der Waals surface area contributed by atoms with Crippen LogP contribution in [0.15, 0.2) is 0 Å². The smallest absolute Gasteiger partial charge is 0.308 e. The standard InChI is InChI=1S/C27H52O4/c1-5-22-30-26(28)21-19-17-15-13-11-9-7-8-10-12-14-16-18-20-24(3)25(4)27(29)31-23-6-2/h24-25H,5-23H2,1-4H3. The molecule has 0 heterocycles. The summed E-state index contributed by atoms with van der Waals surface area (Å²) in [6, 6.07) is 0. The Morgan fingerprint density at radius 3 is 1.52 bits per heavy atom. The molecule has 0 aromatic heterocycles. The maximum atomic E-state index is 11.9. The zero-order valence-corrected chi connectivity index (χ0v) is 21.2. The van der Waals surface area contributed by atoms with Gasteiger partial charge in [-0.15, -0.1) is 0 Å².